The molecule has 0 aliphatic rings. The molecule has 1 aromatic rings. The first-order valence-corrected chi connectivity index (χ1v) is 5.23. The van der Waals surface area contributed by atoms with Gasteiger partial charge in [0.25, 0.3) is 0 Å². The number of aliphatic hydroxyl groups is 1. The van der Waals surface area contributed by atoms with E-state index in [0.29, 0.717) is 0 Å². The average Bonchev–Trinajstić information content (AvgIpc) is 2.64. The van der Waals surface area contributed by atoms with Crippen LogP contribution in [0.15, 0.2) is 12.3 Å². The maximum Gasteiger partial charge on any atom is 0.435 e. The Balaban J connectivity index is 2.63. The van der Waals surface area contributed by atoms with Gasteiger partial charge >= 0.3 is 6.18 Å². The minimum atomic E-state index is -4.51. The molecule has 0 aromatic carbocycles. The number of likely N-dealkylation sites (N-methyl/N-ethyl adjacent to an activating group) is 1. The summed E-state index contributed by atoms with van der Waals surface area (Å²) >= 11 is 0. The van der Waals surface area contributed by atoms with E-state index < -0.39 is 23.9 Å². The lowest BCUT2D eigenvalue weighted by Crippen LogP contribution is -2.35. The Bertz CT molecular complexity index is 415. The predicted molar refractivity (Wildman–Crippen MR) is 56.5 cm³/mol. The van der Waals surface area contributed by atoms with Gasteiger partial charge < -0.3 is 10.0 Å². The molecule has 0 fully saturated rings. The third kappa shape index (κ3) is 4.02. The number of hydrogen-bond acceptors (Lipinski definition) is 3. The van der Waals surface area contributed by atoms with E-state index in [2.05, 4.69) is 5.10 Å². The molecule has 5 nitrogen and oxygen atoms in total. The summed E-state index contributed by atoms with van der Waals surface area (Å²) in [4.78, 5) is 12.8. The highest BCUT2D eigenvalue weighted by Gasteiger charge is 2.33. The van der Waals surface area contributed by atoms with Gasteiger partial charge in [0.15, 0.2) is 5.69 Å². The highest BCUT2D eigenvalue weighted by molar-refractivity contribution is 5.75. The molecule has 0 radical (unpaired) electrons. The quantitative estimate of drug-likeness (QED) is 0.873. The number of carbonyl (C=O) groups is 1. The lowest BCUT2D eigenvalue weighted by atomic mass is 10.3. The smallest absolute Gasteiger partial charge is 0.392 e. The van der Waals surface area contributed by atoms with E-state index in [1.807, 2.05) is 0 Å². The second-order valence-corrected chi connectivity index (χ2v) is 4.02. The van der Waals surface area contributed by atoms with Crippen LogP contribution in [0.25, 0.3) is 0 Å². The zero-order chi connectivity index (χ0) is 13.9. The van der Waals surface area contributed by atoms with Crippen molar-refractivity contribution in [1.29, 1.82) is 0 Å². The summed E-state index contributed by atoms with van der Waals surface area (Å²) in [6.45, 7) is 1.34. The summed E-state index contributed by atoms with van der Waals surface area (Å²) in [7, 11) is 1.46. The fourth-order valence-corrected chi connectivity index (χ4v) is 1.36. The summed E-state index contributed by atoms with van der Waals surface area (Å²) in [6.07, 6.45) is -4.11. The molecular weight excluding hydrogens is 251 g/mol. The largest absolute Gasteiger partial charge is 0.435 e. The molecule has 0 saturated heterocycles. The van der Waals surface area contributed by atoms with Crippen molar-refractivity contribution in [2.24, 2.45) is 0 Å². The maximum atomic E-state index is 12.3. The number of nitrogens with zero attached hydrogens (tertiary/aromatic N) is 3. The molecule has 1 unspecified atom stereocenters. The monoisotopic (exact) mass is 265 g/mol. The van der Waals surface area contributed by atoms with Crippen molar-refractivity contribution >= 4 is 5.91 Å². The molecule has 1 rings (SSSR count). The van der Waals surface area contributed by atoms with E-state index in [0.717, 1.165) is 16.9 Å². The molecule has 1 N–H and O–H groups in total. The molecule has 1 amide bonds. The van der Waals surface area contributed by atoms with Crippen LogP contribution in [0.4, 0.5) is 13.2 Å². The van der Waals surface area contributed by atoms with Crippen molar-refractivity contribution in [3.8, 4) is 0 Å². The summed E-state index contributed by atoms with van der Waals surface area (Å²) in [5, 5.41) is 12.3. The highest BCUT2D eigenvalue weighted by atomic mass is 19.4. The Hall–Kier alpha value is -1.57. The number of rotatable bonds is 4. The Morgan fingerprint density at radius 3 is 2.67 bits per heavy atom. The molecule has 0 bridgehead atoms. The third-order valence-electron chi connectivity index (χ3n) is 2.19. The molecule has 0 aliphatic carbocycles. The first-order chi connectivity index (χ1) is 8.20. The van der Waals surface area contributed by atoms with Gasteiger partial charge in [-0.3, -0.25) is 9.48 Å². The molecule has 1 atom stereocenters. The number of halogens is 3. The lowest BCUT2D eigenvalue weighted by Gasteiger charge is -2.18. The van der Waals surface area contributed by atoms with E-state index in [4.69, 9.17) is 5.11 Å². The fraction of sp³-hybridized carbons (Fsp3) is 0.600. The number of aromatic nitrogens is 2. The zero-order valence-corrected chi connectivity index (χ0v) is 9.98. The Morgan fingerprint density at radius 1 is 1.61 bits per heavy atom. The van der Waals surface area contributed by atoms with E-state index in [-0.39, 0.29) is 13.1 Å². The van der Waals surface area contributed by atoms with Crippen LogP contribution >= 0.6 is 0 Å². The van der Waals surface area contributed by atoms with Gasteiger partial charge in [-0.15, -0.1) is 0 Å². The Morgan fingerprint density at radius 2 is 2.22 bits per heavy atom. The van der Waals surface area contributed by atoms with Crippen LogP contribution in [0, 0.1) is 0 Å². The minimum Gasteiger partial charge on any atom is -0.392 e. The molecular formula is C10H14F3N3O2. The van der Waals surface area contributed by atoms with Crippen LogP contribution < -0.4 is 0 Å². The van der Waals surface area contributed by atoms with Crippen LogP contribution in [0.3, 0.4) is 0 Å². The molecule has 0 aliphatic heterocycles. The summed E-state index contributed by atoms with van der Waals surface area (Å²) in [6, 6.07) is 0.807. The molecule has 18 heavy (non-hydrogen) atoms. The SMILES string of the molecule is CC(O)CN(C)C(=O)Cn1ccc(C(F)(F)F)n1. The van der Waals surface area contributed by atoms with Crippen LogP contribution in [-0.2, 0) is 17.5 Å². The van der Waals surface area contributed by atoms with Crippen LogP contribution in [0.1, 0.15) is 12.6 Å². The molecule has 8 heteroatoms. The van der Waals surface area contributed by atoms with Gasteiger partial charge in [-0.05, 0) is 13.0 Å². The molecule has 0 saturated carbocycles. The number of carbonyl (C=O) groups excluding carboxylic acids is 1. The van der Waals surface area contributed by atoms with E-state index in [1.54, 1.807) is 0 Å². The first-order valence-electron chi connectivity index (χ1n) is 5.23. The highest BCUT2D eigenvalue weighted by Crippen LogP contribution is 2.27. The normalized spacial score (nSPS) is 13.4. The van der Waals surface area contributed by atoms with E-state index >= 15 is 0 Å². The summed E-state index contributed by atoms with van der Waals surface area (Å²) in [5.41, 5.74) is -1.03. The van der Waals surface area contributed by atoms with Crippen molar-refractivity contribution in [3.63, 3.8) is 0 Å². The summed E-state index contributed by atoms with van der Waals surface area (Å²) < 4.78 is 37.7. The number of aliphatic hydroxyl groups excluding tert-OH is 1. The van der Waals surface area contributed by atoms with Crippen LogP contribution in [0.5, 0.6) is 0 Å². The van der Waals surface area contributed by atoms with Crippen molar-refractivity contribution in [2.45, 2.75) is 25.7 Å². The Kier molecular flexibility index (Phi) is 4.33. The van der Waals surface area contributed by atoms with Crippen molar-refractivity contribution in [3.05, 3.63) is 18.0 Å². The maximum absolute atomic E-state index is 12.3. The second-order valence-electron chi connectivity index (χ2n) is 4.02. The number of amides is 1. The second kappa shape index (κ2) is 5.38. The predicted octanol–water partition coefficient (Wildman–Crippen LogP) is 0.741. The van der Waals surface area contributed by atoms with E-state index in [1.165, 1.54) is 18.9 Å². The van der Waals surface area contributed by atoms with Crippen LogP contribution in [-0.4, -0.2) is 45.4 Å². The fourth-order valence-electron chi connectivity index (χ4n) is 1.36. The van der Waals surface area contributed by atoms with Gasteiger partial charge in [-0.2, -0.15) is 18.3 Å². The molecule has 0 spiro atoms. The van der Waals surface area contributed by atoms with Gasteiger partial charge in [0.1, 0.15) is 6.54 Å². The van der Waals surface area contributed by atoms with E-state index in [9.17, 15) is 18.0 Å². The van der Waals surface area contributed by atoms with Gasteiger partial charge in [-0.1, -0.05) is 0 Å². The van der Waals surface area contributed by atoms with Gasteiger partial charge in [0.2, 0.25) is 5.91 Å². The molecule has 1 aromatic heterocycles. The lowest BCUT2D eigenvalue weighted by molar-refractivity contribution is -0.142. The number of alkyl halides is 3. The molecule has 1 heterocycles. The standard InChI is InChI=1S/C10H14F3N3O2/c1-7(17)5-15(2)9(18)6-16-4-3-8(14-16)10(11,12)13/h3-4,7,17H,5-6H2,1-2H3. The van der Waals surface area contributed by atoms with Gasteiger partial charge in [-0.25, -0.2) is 0 Å². The van der Waals surface area contributed by atoms with Crippen LogP contribution in [0.2, 0.25) is 0 Å². The first kappa shape index (κ1) is 14.5. The van der Waals surface area contributed by atoms with Crippen molar-refractivity contribution in [2.75, 3.05) is 13.6 Å². The average molecular weight is 265 g/mol. The zero-order valence-electron chi connectivity index (χ0n) is 9.98. The number of hydrogen-bond donors (Lipinski definition) is 1. The van der Waals surface area contributed by atoms with Crippen molar-refractivity contribution in [1.82, 2.24) is 14.7 Å². The van der Waals surface area contributed by atoms with Crippen molar-refractivity contribution < 1.29 is 23.1 Å². The molecule has 102 valence electrons. The summed E-state index contributed by atoms with van der Waals surface area (Å²) in [5.74, 6) is -0.423. The van der Waals surface area contributed by atoms with Gasteiger partial charge in [0, 0.05) is 19.8 Å². The van der Waals surface area contributed by atoms with Gasteiger partial charge in [0.05, 0.1) is 6.10 Å². The third-order valence-corrected chi connectivity index (χ3v) is 2.19. The Labute approximate surface area is 102 Å². The topological polar surface area (TPSA) is 58.4 Å². The minimum absolute atomic E-state index is 0.117.